The first-order valence-corrected chi connectivity index (χ1v) is 7.97. The minimum atomic E-state index is -3.23. The number of rotatable bonds is 7. The Bertz CT molecular complexity index is 335. The monoisotopic (exact) mass is 262 g/mol. The second-order valence-corrected chi connectivity index (χ2v) is 6.70. The first-order chi connectivity index (χ1) is 8.06. The van der Waals surface area contributed by atoms with Gasteiger partial charge in [-0.2, -0.15) is 0 Å². The van der Waals surface area contributed by atoms with Crippen LogP contribution in [-0.2, 0) is 14.6 Å². The van der Waals surface area contributed by atoms with Gasteiger partial charge in [-0.15, -0.1) is 0 Å². The quantitative estimate of drug-likeness (QED) is 0.637. The topological polar surface area (TPSA) is 75.3 Å². The lowest BCUT2D eigenvalue weighted by atomic mass is 10.4. The molecule has 2 N–H and O–H groups in total. The van der Waals surface area contributed by atoms with Crippen LogP contribution >= 0.6 is 0 Å². The number of likely N-dealkylation sites (N-methyl/N-ethyl adjacent to an activating group) is 1. The number of amides is 1. The van der Waals surface area contributed by atoms with E-state index in [9.17, 15) is 13.2 Å². The minimum absolute atomic E-state index is 0.290. The first-order valence-electron chi connectivity index (χ1n) is 6.25. The fourth-order valence-electron chi connectivity index (χ4n) is 2.07. The van der Waals surface area contributed by atoms with Gasteiger partial charge in [-0.3, -0.25) is 4.79 Å². The van der Waals surface area contributed by atoms with Crippen LogP contribution in [0.1, 0.15) is 32.6 Å². The van der Waals surface area contributed by atoms with E-state index in [0.717, 1.165) is 19.4 Å². The van der Waals surface area contributed by atoms with Gasteiger partial charge in [0.2, 0.25) is 5.91 Å². The van der Waals surface area contributed by atoms with E-state index in [4.69, 9.17) is 0 Å². The summed E-state index contributed by atoms with van der Waals surface area (Å²) in [6, 6.07) is 0. The normalized spacial score (nSPS) is 17.2. The zero-order valence-corrected chi connectivity index (χ0v) is 11.2. The zero-order valence-electron chi connectivity index (χ0n) is 10.4. The molecule has 0 bridgehead atoms. The summed E-state index contributed by atoms with van der Waals surface area (Å²) in [6.07, 6.45) is 3.36. The van der Waals surface area contributed by atoms with Gasteiger partial charge in [-0.05, 0) is 19.4 Å². The van der Waals surface area contributed by atoms with Gasteiger partial charge in [-0.1, -0.05) is 19.8 Å². The smallest absolute Gasteiger partial charge is 0.235 e. The Hall–Kier alpha value is -0.620. The maximum atomic E-state index is 11.9. The van der Waals surface area contributed by atoms with Crippen LogP contribution in [0.3, 0.4) is 0 Å². The average Bonchev–Trinajstić information content (AvgIpc) is 2.77. The number of carbonyl (C=O) groups excluding carboxylic acids is 1. The molecule has 0 unspecified atom stereocenters. The van der Waals surface area contributed by atoms with Crippen LogP contribution in [0.5, 0.6) is 0 Å². The van der Waals surface area contributed by atoms with Crippen molar-refractivity contribution in [2.75, 3.05) is 25.4 Å². The summed E-state index contributed by atoms with van der Waals surface area (Å²) in [7, 11) is -3.23. The molecule has 1 aliphatic rings. The zero-order chi connectivity index (χ0) is 12.7. The van der Waals surface area contributed by atoms with Crippen LogP contribution in [0.25, 0.3) is 0 Å². The standard InChI is InChI=1S/C11H22N2O3S/c1-2-12-7-8-13-11(14)9-17(15,16)10-5-3-4-6-10/h10,12H,2-9H2,1H3,(H,13,14). The Labute approximate surface area is 103 Å². The molecule has 0 heterocycles. The molecule has 0 aromatic heterocycles. The molecule has 1 saturated carbocycles. The van der Waals surface area contributed by atoms with Crippen LogP contribution in [-0.4, -0.2) is 45.0 Å². The predicted molar refractivity (Wildman–Crippen MR) is 67.6 cm³/mol. The molecular formula is C11H22N2O3S. The molecule has 5 nitrogen and oxygen atoms in total. The number of hydrogen-bond donors (Lipinski definition) is 2. The van der Waals surface area contributed by atoms with E-state index in [0.29, 0.717) is 25.9 Å². The number of nitrogens with one attached hydrogen (secondary N) is 2. The summed E-state index contributed by atoms with van der Waals surface area (Å²) in [5.74, 6) is -0.737. The Morgan fingerprint density at radius 1 is 1.24 bits per heavy atom. The van der Waals surface area contributed by atoms with E-state index >= 15 is 0 Å². The van der Waals surface area contributed by atoms with Crippen molar-refractivity contribution in [3.63, 3.8) is 0 Å². The summed E-state index contributed by atoms with van der Waals surface area (Å²) in [6.45, 7) is 3.97. The minimum Gasteiger partial charge on any atom is -0.354 e. The number of carbonyl (C=O) groups is 1. The maximum Gasteiger partial charge on any atom is 0.235 e. The lowest BCUT2D eigenvalue weighted by Crippen LogP contribution is -2.37. The van der Waals surface area contributed by atoms with Gasteiger partial charge in [0, 0.05) is 13.1 Å². The Kier molecular flexibility index (Phi) is 5.91. The highest BCUT2D eigenvalue weighted by Gasteiger charge is 2.30. The third kappa shape index (κ3) is 5.04. The number of hydrogen-bond acceptors (Lipinski definition) is 4. The van der Waals surface area contributed by atoms with Crippen LogP contribution in [0.4, 0.5) is 0 Å². The highest BCUT2D eigenvalue weighted by Crippen LogP contribution is 2.24. The molecule has 1 aliphatic carbocycles. The first kappa shape index (κ1) is 14.4. The van der Waals surface area contributed by atoms with E-state index in [-0.39, 0.29) is 16.9 Å². The van der Waals surface area contributed by atoms with Crippen LogP contribution in [0.2, 0.25) is 0 Å². The van der Waals surface area contributed by atoms with Gasteiger partial charge in [0.15, 0.2) is 9.84 Å². The van der Waals surface area contributed by atoms with Gasteiger partial charge in [0.05, 0.1) is 5.25 Å². The van der Waals surface area contributed by atoms with Crippen molar-refractivity contribution < 1.29 is 13.2 Å². The summed E-state index contributed by atoms with van der Waals surface area (Å²) in [4.78, 5) is 11.5. The predicted octanol–water partition coefficient (Wildman–Crippen LogP) is 0.0695. The third-order valence-electron chi connectivity index (χ3n) is 3.02. The molecule has 17 heavy (non-hydrogen) atoms. The van der Waals surface area contributed by atoms with E-state index in [1.54, 1.807) is 0 Å². The molecule has 0 saturated heterocycles. The lowest BCUT2D eigenvalue weighted by Gasteiger charge is -2.11. The van der Waals surface area contributed by atoms with Gasteiger partial charge in [-0.25, -0.2) is 8.42 Å². The summed E-state index contributed by atoms with van der Waals surface area (Å²) in [5.41, 5.74) is 0. The van der Waals surface area contributed by atoms with Gasteiger partial charge >= 0.3 is 0 Å². The molecular weight excluding hydrogens is 240 g/mol. The highest BCUT2D eigenvalue weighted by atomic mass is 32.2. The van der Waals surface area contributed by atoms with Crippen LogP contribution < -0.4 is 10.6 Å². The summed E-state index contributed by atoms with van der Waals surface area (Å²) < 4.78 is 23.7. The van der Waals surface area contributed by atoms with Crippen molar-refractivity contribution >= 4 is 15.7 Å². The fourth-order valence-corrected chi connectivity index (χ4v) is 3.82. The molecule has 1 amide bonds. The Morgan fingerprint density at radius 3 is 2.47 bits per heavy atom. The van der Waals surface area contributed by atoms with Crippen molar-refractivity contribution in [2.24, 2.45) is 0 Å². The van der Waals surface area contributed by atoms with Gasteiger partial charge < -0.3 is 10.6 Å². The van der Waals surface area contributed by atoms with Crippen molar-refractivity contribution in [1.82, 2.24) is 10.6 Å². The van der Waals surface area contributed by atoms with Crippen LogP contribution in [0, 0.1) is 0 Å². The maximum absolute atomic E-state index is 11.9. The van der Waals surface area contributed by atoms with Crippen molar-refractivity contribution in [3.05, 3.63) is 0 Å². The molecule has 100 valence electrons. The van der Waals surface area contributed by atoms with Crippen molar-refractivity contribution in [1.29, 1.82) is 0 Å². The molecule has 0 aromatic rings. The van der Waals surface area contributed by atoms with E-state index in [1.807, 2.05) is 6.92 Å². The van der Waals surface area contributed by atoms with Gasteiger partial charge in [0.1, 0.15) is 5.75 Å². The van der Waals surface area contributed by atoms with E-state index in [2.05, 4.69) is 10.6 Å². The molecule has 1 fully saturated rings. The largest absolute Gasteiger partial charge is 0.354 e. The average molecular weight is 262 g/mol. The summed E-state index contributed by atoms with van der Waals surface area (Å²) in [5, 5.41) is 5.38. The molecule has 0 radical (unpaired) electrons. The van der Waals surface area contributed by atoms with E-state index in [1.165, 1.54) is 0 Å². The molecule has 0 aliphatic heterocycles. The van der Waals surface area contributed by atoms with E-state index < -0.39 is 9.84 Å². The Morgan fingerprint density at radius 2 is 1.88 bits per heavy atom. The second kappa shape index (κ2) is 6.96. The van der Waals surface area contributed by atoms with Gasteiger partial charge in [0.25, 0.3) is 0 Å². The van der Waals surface area contributed by atoms with Crippen molar-refractivity contribution in [2.45, 2.75) is 37.9 Å². The molecule has 0 spiro atoms. The molecule has 0 aromatic carbocycles. The van der Waals surface area contributed by atoms with Crippen molar-refractivity contribution in [3.8, 4) is 0 Å². The summed E-state index contributed by atoms with van der Waals surface area (Å²) >= 11 is 0. The molecule has 0 atom stereocenters. The highest BCUT2D eigenvalue weighted by molar-refractivity contribution is 7.92. The molecule has 1 rings (SSSR count). The third-order valence-corrected chi connectivity index (χ3v) is 5.17. The molecule has 6 heteroatoms. The number of sulfone groups is 1. The van der Waals surface area contributed by atoms with Crippen LogP contribution in [0.15, 0.2) is 0 Å². The SMILES string of the molecule is CCNCCNC(=O)CS(=O)(=O)C1CCCC1. The second-order valence-electron chi connectivity index (χ2n) is 4.42. The lowest BCUT2D eigenvalue weighted by molar-refractivity contribution is -0.118. The Balaban J connectivity index is 2.29. The fraction of sp³-hybridized carbons (Fsp3) is 0.909.